The molecule has 0 atom stereocenters. The van der Waals surface area contributed by atoms with E-state index in [2.05, 4.69) is 203 Å². The molecule has 0 spiro atoms. The number of rotatable bonds is 5. The molecule has 10 aromatic rings. The van der Waals surface area contributed by atoms with E-state index >= 15 is 0 Å². The minimum atomic E-state index is 1.16. The fourth-order valence-electron chi connectivity index (χ4n) is 7.95. The van der Waals surface area contributed by atoms with Gasteiger partial charge in [0, 0.05) is 38.2 Å². The van der Waals surface area contributed by atoms with Gasteiger partial charge in [0.05, 0.1) is 33.4 Å². The predicted octanol–water partition coefficient (Wildman–Crippen LogP) is 12.9. The summed E-state index contributed by atoms with van der Waals surface area (Å²) in [5.41, 5.74) is 14.3. The van der Waals surface area contributed by atoms with E-state index in [0.29, 0.717) is 0 Å². The van der Waals surface area contributed by atoms with Crippen molar-refractivity contribution >= 4 is 43.6 Å². The van der Waals surface area contributed by atoms with Crippen LogP contribution >= 0.6 is 0 Å². The van der Waals surface area contributed by atoms with Gasteiger partial charge in [0.1, 0.15) is 0 Å². The van der Waals surface area contributed by atoms with Gasteiger partial charge in [-0.3, -0.25) is 0 Å². The van der Waals surface area contributed by atoms with Crippen molar-refractivity contribution in [1.82, 2.24) is 9.13 Å². The third kappa shape index (κ3) is 4.36. The average molecular weight is 637 g/mol. The van der Waals surface area contributed by atoms with Gasteiger partial charge in [-0.1, -0.05) is 158 Å². The Morgan fingerprint density at radius 1 is 0.260 bits per heavy atom. The van der Waals surface area contributed by atoms with E-state index in [1.807, 2.05) is 0 Å². The Labute approximate surface area is 290 Å². The number of hydrogen-bond acceptors (Lipinski definition) is 0. The summed E-state index contributed by atoms with van der Waals surface area (Å²) >= 11 is 0. The third-order valence-electron chi connectivity index (χ3n) is 10.1. The van der Waals surface area contributed by atoms with Crippen molar-refractivity contribution in [3.63, 3.8) is 0 Å². The highest BCUT2D eigenvalue weighted by molar-refractivity contribution is 6.15. The van der Waals surface area contributed by atoms with E-state index in [4.69, 9.17) is 0 Å². The van der Waals surface area contributed by atoms with Crippen LogP contribution in [0.5, 0.6) is 0 Å². The molecule has 0 aliphatic rings. The Hall–Kier alpha value is -6.64. The summed E-state index contributed by atoms with van der Waals surface area (Å²) in [6, 6.07) is 70.4. The van der Waals surface area contributed by atoms with Crippen LogP contribution in [0, 0.1) is 0 Å². The summed E-state index contributed by atoms with van der Waals surface area (Å²) in [5.74, 6) is 0. The molecular weight excluding hydrogens is 605 g/mol. The molecule has 0 fully saturated rings. The Morgan fingerprint density at radius 3 is 1.42 bits per heavy atom. The van der Waals surface area contributed by atoms with Gasteiger partial charge in [-0.25, -0.2) is 0 Å². The van der Waals surface area contributed by atoms with Gasteiger partial charge >= 0.3 is 0 Å². The molecule has 0 saturated carbocycles. The van der Waals surface area contributed by atoms with Crippen LogP contribution in [0.2, 0.25) is 0 Å². The normalized spacial score (nSPS) is 11.6. The summed E-state index contributed by atoms with van der Waals surface area (Å²) in [7, 11) is 0. The maximum absolute atomic E-state index is 2.50. The van der Waals surface area contributed by atoms with E-state index in [0.717, 1.165) is 11.4 Å². The van der Waals surface area contributed by atoms with Gasteiger partial charge in [0.25, 0.3) is 0 Å². The Kier molecular flexibility index (Phi) is 6.53. The van der Waals surface area contributed by atoms with Crippen LogP contribution < -0.4 is 0 Å². The number of hydrogen-bond donors (Lipinski definition) is 0. The van der Waals surface area contributed by atoms with Gasteiger partial charge in [-0.2, -0.15) is 0 Å². The summed E-state index contributed by atoms with van der Waals surface area (Å²) < 4.78 is 4.94. The molecule has 0 aliphatic heterocycles. The Bertz CT molecular complexity index is 2800. The SMILES string of the molecule is c1ccc(-c2ccc(-n3c4ccccc4c4cccc(-c5ccccc5-n5c6ccccc6c6ccccc65)c43)c(-c3ccccc3)c2)cc1. The fourth-order valence-corrected chi connectivity index (χ4v) is 7.95. The number of aromatic nitrogens is 2. The van der Waals surface area contributed by atoms with Gasteiger partial charge < -0.3 is 9.13 Å². The molecule has 234 valence electrons. The van der Waals surface area contributed by atoms with Crippen LogP contribution in [0.3, 0.4) is 0 Å². The first-order valence-electron chi connectivity index (χ1n) is 17.2. The second kappa shape index (κ2) is 11.5. The van der Waals surface area contributed by atoms with E-state index < -0.39 is 0 Å². The zero-order valence-corrected chi connectivity index (χ0v) is 27.4. The third-order valence-corrected chi connectivity index (χ3v) is 10.1. The van der Waals surface area contributed by atoms with Crippen LogP contribution in [0.4, 0.5) is 0 Å². The van der Waals surface area contributed by atoms with Crippen LogP contribution in [0.15, 0.2) is 194 Å². The lowest BCUT2D eigenvalue weighted by molar-refractivity contribution is 1.17. The second-order valence-corrected chi connectivity index (χ2v) is 12.9. The van der Waals surface area contributed by atoms with Crippen LogP contribution in [0.25, 0.3) is 88.4 Å². The summed E-state index contributed by atoms with van der Waals surface area (Å²) in [6.45, 7) is 0. The molecule has 2 aromatic heterocycles. The van der Waals surface area contributed by atoms with E-state index in [9.17, 15) is 0 Å². The number of nitrogens with zero attached hydrogens (tertiary/aromatic N) is 2. The molecule has 0 radical (unpaired) electrons. The standard InChI is InChI=1S/C48H32N2/c1-3-16-33(17-4-1)35-30-31-47(42(32-35)34-18-5-2-6-19-34)50-46-29-14-10-23-39(46)41-25-15-24-40(48(41)50)38-22-9-13-28-45(38)49-43-26-11-7-20-36(43)37-21-8-12-27-44(37)49/h1-32H. The van der Waals surface area contributed by atoms with Gasteiger partial charge in [0.15, 0.2) is 0 Å². The van der Waals surface area contributed by atoms with Gasteiger partial charge in [0.2, 0.25) is 0 Å². The molecule has 0 unspecified atom stereocenters. The highest BCUT2D eigenvalue weighted by Gasteiger charge is 2.22. The lowest BCUT2D eigenvalue weighted by Crippen LogP contribution is -2.01. The van der Waals surface area contributed by atoms with Crippen molar-refractivity contribution in [2.75, 3.05) is 0 Å². The number of fused-ring (bicyclic) bond motifs is 6. The first-order valence-corrected chi connectivity index (χ1v) is 17.2. The molecule has 0 saturated heterocycles. The highest BCUT2D eigenvalue weighted by atomic mass is 15.0. The molecule has 2 heterocycles. The molecule has 10 rings (SSSR count). The fraction of sp³-hybridized carbons (Fsp3) is 0. The molecule has 0 aliphatic carbocycles. The van der Waals surface area contributed by atoms with Crippen molar-refractivity contribution in [3.05, 3.63) is 194 Å². The maximum atomic E-state index is 2.50. The van der Waals surface area contributed by atoms with E-state index in [-0.39, 0.29) is 0 Å². The first-order chi connectivity index (χ1) is 24.8. The minimum absolute atomic E-state index is 1.16. The Morgan fingerprint density at radius 2 is 0.740 bits per heavy atom. The zero-order valence-electron chi connectivity index (χ0n) is 27.4. The number of benzene rings is 8. The summed E-state index contributed by atoms with van der Waals surface area (Å²) in [4.78, 5) is 0. The Balaban J connectivity index is 1.31. The minimum Gasteiger partial charge on any atom is -0.309 e. The summed E-state index contributed by atoms with van der Waals surface area (Å²) in [5, 5.41) is 5.00. The molecule has 50 heavy (non-hydrogen) atoms. The van der Waals surface area contributed by atoms with Crippen molar-refractivity contribution in [2.45, 2.75) is 0 Å². The van der Waals surface area contributed by atoms with Gasteiger partial charge in [-0.15, -0.1) is 0 Å². The maximum Gasteiger partial charge on any atom is 0.0620 e. The monoisotopic (exact) mass is 636 g/mol. The van der Waals surface area contributed by atoms with Crippen molar-refractivity contribution < 1.29 is 0 Å². The lowest BCUT2D eigenvalue weighted by atomic mass is 9.96. The molecule has 0 bridgehead atoms. The van der Waals surface area contributed by atoms with Crippen LogP contribution in [0.1, 0.15) is 0 Å². The first kappa shape index (κ1) is 28.4. The smallest absolute Gasteiger partial charge is 0.0620 e. The lowest BCUT2D eigenvalue weighted by Gasteiger charge is -2.19. The topological polar surface area (TPSA) is 9.86 Å². The molecule has 2 heteroatoms. The van der Waals surface area contributed by atoms with Crippen molar-refractivity contribution in [2.24, 2.45) is 0 Å². The number of para-hydroxylation sites is 5. The largest absolute Gasteiger partial charge is 0.309 e. The second-order valence-electron chi connectivity index (χ2n) is 12.9. The van der Waals surface area contributed by atoms with Crippen molar-refractivity contribution in [3.8, 4) is 44.8 Å². The predicted molar refractivity (Wildman–Crippen MR) is 211 cm³/mol. The molecular formula is C48H32N2. The average Bonchev–Trinajstić information content (AvgIpc) is 3.71. The molecule has 8 aromatic carbocycles. The molecule has 0 amide bonds. The van der Waals surface area contributed by atoms with Crippen LogP contribution in [-0.2, 0) is 0 Å². The molecule has 0 N–H and O–H groups in total. The van der Waals surface area contributed by atoms with Crippen LogP contribution in [-0.4, -0.2) is 9.13 Å². The zero-order chi connectivity index (χ0) is 33.0. The highest BCUT2D eigenvalue weighted by Crippen LogP contribution is 2.44. The van der Waals surface area contributed by atoms with E-state index in [1.165, 1.54) is 77.0 Å². The quantitative estimate of drug-likeness (QED) is 0.178. The van der Waals surface area contributed by atoms with Crippen molar-refractivity contribution in [1.29, 1.82) is 0 Å². The molecule has 2 nitrogen and oxygen atoms in total. The van der Waals surface area contributed by atoms with Gasteiger partial charge in [-0.05, 0) is 53.1 Å². The summed E-state index contributed by atoms with van der Waals surface area (Å²) in [6.07, 6.45) is 0. The van der Waals surface area contributed by atoms with E-state index in [1.54, 1.807) is 0 Å².